The first-order valence-electron chi connectivity index (χ1n) is 4.55. The topological polar surface area (TPSA) is 65.9 Å². The van der Waals surface area contributed by atoms with Crippen LogP contribution in [0.3, 0.4) is 0 Å². The van der Waals surface area contributed by atoms with Gasteiger partial charge in [0.05, 0.1) is 6.07 Å². The first kappa shape index (κ1) is 11.0. The molecule has 1 rings (SSSR count). The quantitative estimate of drug-likeness (QED) is 0.799. The summed E-state index contributed by atoms with van der Waals surface area (Å²) in [4.78, 5) is 7.35. The van der Waals surface area contributed by atoms with Crippen LogP contribution < -0.4 is 5.73 Å². The lowest BCUT2D eigenvalue weighted by atomic mass is 10.4. The molecule has 1 aromatic heterocycles. The molecule has 5 heteroatoms. The Kier molecular flexibility index (Phi) is 4.36. The van der Waals surface area contributed by atoms with Crippen LogP contribution in [0.25, 0.3) is 0 Å². The van der Waals surface area contributed by atoms with Crippen molar-refractivity contribution in [3.8, 4) is 6.07 Å². The Morgan fingerprint density at radius 1 is 1.71 bits per heavy atom. The number of nitriles is 1. The Morgan fingerprint density at radius 2 is 2.50 bits per heavy atom. The molecule has 0 unspecified atom stereocenters. The van der Waals surface area contributed by atoms with Gasteiger partial charge in [-0.1, -0.05) is 6.92 Å². The Hall–Kier alpha value is -1.12. The number of anilines is 1. The summed E-state index contributed by atoms with van der Waals surface area (Å²) in [7, 11) is 0. The minimum Gasteiger partial charge on any atom is -0.375 e. The number of aromatic nitrogens is 1. The van der Waals surface area contributed by atoms with E-state index in [0.717, 1.165) is 24.5 Å². The summed E-state index contributed by atoms with van der Waals surface area (Å²) in [6.45, 7) is 4.68. The number of nitrogens with two attached hydrogens (primary N) is 1. The van der Waals surface area contributed by atoms with Gasteiger partial charge in [-0.25, -0.2) is 4.98 Å². The molecule has 0 saturated carbocycles. The van der Waals surface area contributed by atoms with E-state index >= 15 is 0 Å². The van der Waals surface area contributed by atoms with Gasteiger partial charge >= 0.3 is 0 Å². The van der Waals surface area contributed by atoms with E-state index in [-0.39, 0.29) is 0 Å². The minimum absolute atomic E-state index is 0.572. The van der Waals surface area contributed by atoms with Gasteiger partial charge in [-0.05, 0) is 6.54 Å². The molecule has 4 nitrogen and oxygen atoms in total. The number of nitrogen functional groups attached to an aromatic ring is 1. The second-order valence-corrected chi connectivity index (χ2v) is 4.09. The first-order chi connectivity index (χ1) is 6.76. The van der Waals surface area contributed by atoms with Crippen LogP contribution in [0.15, 0.2) is 6.20 Å². The van der Waals surface area contributed by atoms with Gasteiger partial charge in [0.2, 0.25) is 0 Å². The highest BCUT2D eigenvalue weighted by Crippen LogP contribution is 2.16. The van der Waals surface area contributed by atoms with Crippen LogP contribution >= 0.6 is 11.3 Å². The van der Waals surface area contributed by atoms with E-state index in [4.69, 9.17) is 11.0 Å². The Morgan fingerprint density at radius 3 is 3.00 bits per heavy atom. The molecule has 0 fully saturated rings. The molecule has 1 aromatic rings. The molecule has 0 bridgehead atoms. The molecule has 0 spiro atoms. The van der Waals surface area contributed by atoms with Gasteiger partial charge in [0.15, 0.2) is 5.13 Å². The molecular weight excluding hydrogens is 196 g/mol. The Bertz CT molecular complexity index is 315. The SMILES string of the molecule is CCN(CCC#N)Cc1cnc(N)s1. The molecule has 14 heavy (non-hydrogen) atoms. The predicted octanol–water partition coefficient (Wildman–Crippen LogP) is 1.46. The molecule has 0 aliphatic carbocycles. The third-order valence-corrected chi connectivity index (χ3v) is 2.75. The van der Waals surface area contributed by atoms with Crippen LogP contribution in [0, 0.1) is 11.3 Å². The van der Waals surface area contributed by atoms with Crippen LogP contribution in [0.1, 0.15) is 18.2 Å². The monoisotopic (exact) mass is 210 g/mol. The van der Waals surface area contributed by atoms with Crippen LogP contribution in [0.4, 0.5) is 5.13 Å². The molecule has 0 atom stereocenters. The molecular formula is C9H14N4S. The average molecular weight is 210 g/mol. The highest BCUT2D eigenvalue weighted by Gasteiger charge is 2.05. The van der Waals surface area contributed by atoms with Crippen molar-refractivity contribution in [1.29, 1.82) is 5.26 Å². The van der Waals surface area contributed by atoms with Crippen molar-refractivity contribution >= 4 is 16.5 Å². The summed E-state index contributed by atoms with van der Waals surface area (Å²) in [6, 6.07) is 2.14. The zero-order valence-corrected chi connectivity index (χ0v) is 9.05. The van der Waals surface area contributed by atoms with E-state index in [1.165, 1.54) is 11.3 Å². The number of nitrogens with zero attached hydrogens (tertiary/aromatic N) is 3. The van der Waals surface area contributed by atoms with Gasteiger partial charge in [0.1, 0.15) is 0 Å². The summed E-state index contributed by atoms with van der Waals surface area (Å²) in [5, 5.41) is 9.08. The second kappa shape index (κ2) is 5.58. The fourth-order valence-corrected chi connectivity index (χ4v) is 1.90. The van der Waals surface area contributed by atoms with E-state index in [2.05, 4.69) is 22.9 Å². The van der Waals surface area contributed by atoms with Crippen LogP contribution in [-0.2, 0) is 6.54 Å². The minimum atomic E-state index is 0.572. The number of hydrogen-bond donors (Lipinski definition) is 1. The van der Waals surface area contributed by atoms with E-state index in [9.17, 15) is 0 Å². The molecule has 0 aliphatic heterocycles. The van der Waals surface area contributed by atoms with Gasteiger partial charge in [-0.15, -0.1) is 11.3 Å². The predicted molar refractivity (Wildman–Crippen MR) is 57.7 cm³/mol. The van der Waals surface area contributed by atoms with Crippen molar-refractivity contribution < 1.29 is 0 Å². The van der Waals surface area contributed by atoms with Crippen molar-refractivity contribution in [2.75, 3.05) is 18.8 Å². The Balaban J connectivity index is 2.44. The highest BCUT2D eigenvalue weighted by molar-refractivity contribution is 7.15. The van der Waals surface area contributed by atoms with Crippen LogP contribution in [0.2, 0.25) is 0 Å². The Labute approximate surface area is 88.0 Å². The first-order valence-corrected chi connectivity index (χ1v) is 5.37. The number of rotatable bonds is 5. The lowest BCUT2D eigenvalue weighted by molar-refractivity contribution is 0.289. The van der Waals surface area contributed by atoms with Crippen molar-refractivity contribution in [2.24, 2.45) is 0 Å². The van der Waals surface area contributed by atoms with Crippen molar-refractivity contribution in [3.63, 3.8) is 0 Å². The maximum Gasteiger partial charge on any atom is 0.180 e. The van der Waals surface area contributed by atoms with Gasteiger partial charge in [0, 0.05) is 30.6 Å². The van der Waals surface area contributed by atoms with Crippen molar-refractivity contribution in [2.45, 2.75) is 19.9 Å². The van der Waals surface area contributed by atoms with Crippen LogP contribution in [0.5, 0.6) is 0 Å². The van der Waals surface area contributed by atoms with Crippen molar-refractivity contribution in [3.05, 3.63) is 11.1 Å². The third kappa shape index (κ3) is 3.32. The maximum absolute atomic E-state index is 8.47. The lowest BCUT2D eigenvalue weighted by Gasteiger charge is -2.17. The lowest BCUT2D eigenvalue weighted by Crippen LogP contribution is -2.23. The summed E-state index contributed by atoms with van der Waals surface area (Å²) < 4.78 is 0. The zero-order valence-electron chi connectivity index (χ0n) is 8.23. The van der Waals surface area contributed by atoms with E-state index in [1.54, 1.807) is 6.20 Å². The van der Waals surface area contributed by atoms with Crippen LogP contribution in [-0.4, -0.2) is 23.0 Å². The average Bonchev–Trinajstić information content (AvgIpc) is 2.58. The summed E-state index contributed by atoms with van der Waals surface area (Å²) >= 11 is 1.51. The molecule has 0 radical (unpaired) electrons. The number of hydrogen-bond acceptors (Lipinski definition) is 5. The fourth-order valence-electron chi connectivity index (χ4n) is 1.17. The fraction of sp³-hybridized carbons (Fsp3) is 0.556. The van der Waals surface area contributed by atoms with Gasteiger partial charge in [-0.2, -0.15) is 5.26 Å². The molecule has 2 N–H and O–H groups in total. The normalized spacial score (nSPS) is 10.4. The molecule has 76 valence electrons. The summed E-state index contributed by atoms with van der Waals surface area (Å²) in [5.41, 5.74) is 5.53. The largest absolute Gasteiger partial charge is 0.375 e. The highest BCUT2D eigenvalue weighted by atomic mass is 32.1. The summed E-state index contributed by atoms with van der Waals surface area (Å²) in [6.07, 6.45) is 2.37. The molecule has 1 heterocycles. The maximum atomic E-state index is 8.47. The van der Waals surface area contributed by atoms with E-state index < -0.39 is 0 Å². The van der Waals surface area contributed by atoms with Gasteiger partial charge in [-0.3, -0.25) is 4.90 Å². The van der Waals surface area contributed by atoms with E-state index in [0.29, 0.717) is 11.6 Å². The smallest absolute Gasteiger partial charge is 0.180 e. The summed E-state index contributed by atoms with van der Waals surface area (Å²) in [5.74, 6) is 0. The zero-order chi connectivity index (χ0) is 10.4. The molecule has 0 amide bonds. The standard InChI is InChI=1S/C9H14N4S/c1-2-13(5-3-4-10)7-8-6-12-9(11)14-8/h6H,2-3,5,7H2,1H3,(H2,11,12). The van der Waals surface area contributed by atoms with Gasteiger partial charge < -0.3 is 5.73 Å². The molecule has 0 aliphatic rings. The second-order valence-electron chi connectivity index (χ2n) is 2.94. The van der Waals surface area contributed by atoms with E-state index in [1.807, 2.05) is 0 Å². The third-order valence-electron chi connectivity index (χ3n) is 1.94. The molecule has 0 saturated heterocycles. The molecule has 0 aromatic carbocycles. The van der Waals surface area contributed by atoms with Gasteiger partial charge in [0.25, 0.3) is 0 Å². The van der Waals surface area contributed by atoms with Crippen molar-refractivity contribution in [1.82, 2.24) is 9.88 Å². The number of thiazole rings is 1.